The van der Waals surface area contributed by atoms with Crippen LogP contribution in [0.2, 0.25) is 0 Å². The minimum Gasteiger partial charge on any atom is -0.384 e. The first-order valence-electron chi connectivity index (χ1n) is 7.61. The van der Waals surface area contributed by atoms with Crippen LogP contribution in [0.25, 0.3) is 10.9 Å². The van der Waals surface area contributed by atoms with Crippen LogP contribution in [-0.2, 0) is 0 Å². The Balaban J connectivity index is 1.74. The summed E-state index contributed by atoms with van der Waals surface area (Å²) in [4.78, 5) is 17.4. The van der Waals surface area contributed by atoms with Crippen LogP contribution in [0.4, 0.5) is 0 Å². The second kappa shape index (κ2) is 4.62. The lowest BCUT2D eigenvalue weighted by atomic mass is 9.75. The van der Waals surface area contributed by atoms with Gasteiger partial charge in [-0.2, -0.15) is 0 Å². The van der Waals surface area contributed by atoms with E-state index in [0.29, 0.717) is 12.0 Å². The maximum absolute atomic E-state index is 13.0. The van der Waals surface area contributed by atoms with Gasteiger partial charge in [0.05, 0.1) is 16.5 Å². The van der Waals surface area contributed by atoms with Crippen LogP contribution in [-0.4, -0.2) is 21.5 Å². The van der Waals surface area contributed by atoms with Gasteiger partial charge in [0, 0.05) is 17.1 Å². The van der Waals surface area contributed by atoms with Crippen LogP contribution in [0.3, 0.4) is 0 Å². The first kappa shape index (κ1) is 13.4. The summed E-state index contributed by atoms with van der Waals surface area (Å²) < 4.78 is 0. The van der Waals surface area contributed by atoms with Gasteiger partial charge in [-0.1, -0.05) is 42.5 Å². The summed E-state index contributed by atoms with van der Waals surface area (Å²) in [6, 6.07) is 9.64. The van der Waals surface area contributed by atoms with Crippen molar-refractivity contribution in [3.63, 3.8) is 0 Å². The smallest absolute Gasteiger partial charge is 0.173 e. The number of fused-ring (bicyclic) bond motifs is 1. The van der Waals surface area contributed by atoms with Gasteiger partial charge in [-0.05, 0) is 31.4 Å². The van der Waals surface area contributed by atoms with E-state index >= 15 is 0 Å². The summed E-state index contributed by atoms with van der Waals surface area (Å²) in [5.74, 6) is 0.00760. The highest BCUT2D eigenvalue weighted by molar-refractivity contribution is 6.05. The van der Waals surface area contributed by atoms with Crippen molar-refractivity contribution in [1.82, 2.24) is 4.98 Å². The monoisotopic (exact) mass is 291 g/mol. The van der Waals surface area contributed by atoms with E-state index < -0.39 is 11.0 Å². The fourth-order valence-corrected chi connectivity index (χ4v) is 3.42. The van der Waals surface area contributed by atoms with E-state index in [-0.39, 0.29) is 5.78 Å². The summed E-state index contributed by atoms with van der Waals surface area (Å²) >= 11 is 0. The number of allylic oxidation sites excluding steroid dienone is 2. The summed E-state index contributed by atoms with van der Waals surface area (Å²) in [6.07, 6.45) is 11.0. The van der Waals surface area contributed by atoms with Crippen molar-refractivity contribution in [2.45, 2.75) is 24.9 Å². The Hall–Kier alpha value is -2.26. The molecule has 110 valence electrons. The lowest BCUT2D eigenvalue weighted by Crippen LogP contribution is -2.43. The molecule has 1 unspecified atom stereocenters. The van der Waals surface area contributed by atoms with E-state index in [0.717, 1.165) is 23.7 Å². The van der Waals surface area contributed by atoms with Crippen LogP contribution in [0.15, 0.2) is 60.8 Å². The molecule has 1 aromatic carbocycles. The number of carbonyl (C=O) groups is 1. The topological polar surface area (TPSA) is 50.2 Å². The minimum atomic E-state index is -1.07. The van der Waals surface area contributed by atoms with Gasteiger partial charge in [-0.15, -0.1) is 0 Å². The molecule has 2 aliphatic rings. The molecule has 1 saturated carbocycles. The highest BCUT2D eigenvalue weighted by atomic mass is 16.3. The predicted octanol–water partition coefficient (Wildman–Crippen LogP) is 3.44. The normalized spacial score (nSPS) is 25.3. The molecule has 0 saturated heterocycles. The molecular weight excluding hydrogens is 274 g/mol. The zero-order chi connectivity index (χ0) is 15.2. The number of aliphatic hydroxyl groups is 1. The van der Waals surface area contributed by atoms with E-state index in [1.54, 1.807) is 12.3 Å². The third-order valence-corrected chi connectivity index (χ3v) is 4.91. The number of ketones is 1. The quantitative estimate of drug-likeness (QED) is 0.881. The number of Topliss-reactive ketones (excluding diaryl/α,β-unsaturated/α-hetero) is 1. The summed E-state index contributed by atoms with van der Waals surface area (Å²) in [6.45, 7) is 0. The molecule has 4 rings (SSSR count). The van der Waals surface area contributed by atoms with E-state index in [4.69, 9.17) is 0 Å². The predicted molar refractivity (Wildman–Crippen MR) is 85.6 cm³/mol. The van der Waals surface area contributed by atoms with Crippen molar-refractivity contribution in [2.24, 2.45) is 5.41 Å². The number of benzene rings is 1. The fraction of sp³-hybridized carbons (Fsp3) is 0.263. The summed E-state index contributed by atoms with van der Waals surface area (Å²) in [5.41, 5.74) is -0.279. The van der Waals surface area contributed by atoms with Crippen LogP contribution in [0, 0.1) is 5.41 Å². The van der Waals surface area contributed by atoms with Crippen molar-refractivity contribution in [2.75, 3.05) is 0 Å². The Kier molecular flexibility index (Phi) is 2.81. The zero-order valence-electron chi connectivity index (χ0n) is 12.2. The van der Waals surface area contributed by atoms with Crippen LogP contribution < -0.4 is 0 Å². The van der Waals surface area contributed by atoms with Crippen molar-refractivity contribution < 1.29 is 9.90 Å². The number of pyridine rings is 1. The second-order valence-corrected chi connectivity index (χ2v) is 6.24. The molecule has 22 heavy (non-hydrogen) atoms. The Bertz CT molecular complexity index is 817. The molecule has 0 radical (unpaired) electrons. The lowest BCUT2D eigenvalue weighted by molar-refractivity contribution is 0.0174. The highest BCUT2D eigenvalue weighted by Gasteiger charge is 2.62. The molecule has 0 amide bonds. The number of nitrogens with zero attached hydrogens (tertiary/aromatic N) is 1. The maximum Gasteiger partial charge on any atom is 0.173 e. The van der Waals surface area contributed by atoms with Gasteiger partial charge >= 0.3 is 0 Å². The molecule has 1 aromatic heterocycles. The largest absolute Gasteiger partial charge is 0.384 e. The van der Waals surface area contributed by atoms with Gasteiger partial charge in [-0.3, -0.25) is 9.78 Å². The van der Waals surface area contributed by atoms with E-state index in [1.165, 1.54) is 0 Å². The average molecular weight is 291 g/mol. The van der Waals surface area contributed by atoms with Gasteiger partial charge in [0.2, 0.25) is 0 Å². The number of aromatic nitrogens is 1. The third kappa shape index (κ3) is 1.86. The van der Waals surface area contributed by atoms with Crippen molar-refractivity contribution in [3.8, 4) is 0 Å². The Morgan fingerprint density at radius 1 is 1.18 bits per heavy atom. The van der Waals surface area contributed by atoms with Gasteiger partial charge < -0.3 is 5.11 Å². The number of rotatable bonds is 3. The lowest BCUT2D eigenvalue weighted by Gasteiger charge is -2.33. The fourth-order valence-electron chi connectivity index (χ4n) is 3.42. The minimum absolute atomic E-state index is 0.00760. The molecule has 0 bridgehead atoms. The summed E-state index contributed by atoms with van der Waals surface area (Å²) in [7, 11) is 0. The number of para-hydroxylation sites is 1. The summed E-state index contributed by atoms with van der Waals surface area (Å²) in [5, 5.41) is 11.9. The van der Waals surface area contributed by atoms with E-state index in [9.17, 15) is 9.90 Å². The Labute approximate surface area is 129 Å². The van der Waals surface area contributed by atoms with Gasteiger partial charge in [-0.25, -0.2) is 0 Å². The standard InChI is InChI=1S/C19H17NO2/c21-17(15-12-14-6-2-3-7-16(14)20-13-15)18(10-11-18)19(22)8-4-1-5-9-19/h1-8,12-13,22H,9-11H2. The van der Waals surface area contributed by atoms with Crippen LogP contribution in [0.1, 0.15) is 29.6 Å². The molecule has 3 nitrogen and oxygen atoms in total. The third-order valence-electron chi connectivity index (χ3n) is 4.91. The Morgan fingerprint density at radius 2 is 2.00 bits per heavy atom. The molecular formula is C19H17NO2. The molecule has 1 atom stereocenters. The van der Waals surface area contributed by atoms with Crippen molar-refractivity contribution in [1.29, 1.82) is 0 Å². The van der Waals surface area contributed by atoms with E-state index in [2.05, 4.69) is 4.98 Å². The molecule has 2 aliphatic carbocycles. The van der Waals surface area contributed by atoms with Gasteiger partial charge in [0.25, 0.3) is 0 Å². The molecule has 0 spiro atoms. The first-order chi connectivity index (χ1) is 10.6. The molecule has 3 heteroatoms. The molecule has 2 aromatic rings. The average Bonchev–Trinajstić information content (AvgIpc) is 3.37. The van der Waals surface area contributed by atoms with Crippen molar-refractivity contribution in [3.05, 3.63) is 66.4 Å². The van der Waals surface area contributed by atoms with Gasteiger partial charge in [0.1, 0.15) is 0 Å². The first-order valence-corrected chi connectivity index (χ1v) is 7.61. The SMILES string of the molecule is O=C(c1cnc2ccccc2c1)C1(C2(O)C=CC=CC2)CC1. The Morgan fingerprint density at radius 3 is 2.73 bits per heavy atom. The molecule has 0 aliphatic heterocycles. The van der Waals surface area contributed by atoms with Crippen LogP contribution in [0.5, 0.6) is 0 Å². The van der Waals surface area contributed by atoms with E-state index in [1.807, 2.05) is 48.6 Å². The zero-order valence-corrected chi connectivity index (χ0v) is 12.2. The van der Waals surface area contributed by atoms with Gasteiger partial charge in [0.15, 0.2) is 5.78 Å². The second-order valence-electron chi connectivity index (χ2n) is 6.24. The molecule has 1 heterocycles. The van der Waals surface area contributed by atoms with Crippen molar-refractivity contribution >= 4 is 16.7 Å². The van der Waals surface area contributed by atoms with Crippen LogP contribution >= 0.6 is 0 Å². The molecule has 1 N–H and O–H groups in total. The maximum atomic E-state index is 13.0. The number of carbonyl (C=O) groups excluding carboxylic acids is 1. The molecule has 1 fully saturated rings. The number of hydrogen-bond donors (Lipinski definition) is 1. The number of hydrogen-bond acceptors (Lipinski definition) is 3. The highest BCUT2D eigenvalue weighted by Crippen LogP contribution is 2.58.